The molecule has 0 saturated carbocycles. The summed E-state index contributed by atoms with van der Waals surface area (Å²) in [5.41, 5.74) is 7.39. The van der Waals surface area contributed by atoms with E-state index in [2.05, 4.69) is 40.1 Å². The van der Waals surface area contributed by atoms with Crippen LogP contribution in [-0.2, 0) is 0 Å². The fraction of sp³-hybridized carbons (Fsp3) is 0.333. The molecule has 0 radical (unpaired) electrons. The first-order valence-electron chi connectivity index (χ1n) is 6.13. The van der Waals surface area contributed by atoms with E-state index in [1.807, 2.05) is 30.4 Å². The highest BCUT2D eigenvalue weighted by molar-refractivity contribution is 9.10. The maximum absolute atomic E-state index is 6.23. The molecule has 2 nitrogen and oxygen atoms in total. The van der Waals surface area contributed by atoms with Crippen LogP contribution in [0.4, 0.5) is 0 Å². The van der Waals surface area contributed by atoms with Crippen molar-refractivity contribution in [3.63, 3.8) is 0 Å². The van der Waals surface area contributed by atoms with Crippen LogP contribution in [0.25, 0.3) is 0 Å². The fourth-order valence-corrected chi connectivity index (χ4v) is 2.45. The molecule has 1 aromatic carbocycles. The van der Waals surface area contributed by atoms with Crippen molar-refractivity contribution in [1.29, 1.82) is 0 Å². The van der Waals surface area contributed by atoms with Crippen molar-refractivity contribution in [3.05, 3.63) is 59.6 Å². The zero-order valence-corrected chi connectivity index (χ0v) is 12.3. The summed E-state index contributed by atoms with van der Waals surface area (Å²) in [5.74, 6) is 0. The van der Waals surface area contributed by atoms with Gasteiger partial charge in [-0.25, -0.2) is 0 Å². The van der Waals surface area contributed by atoms with Gasteiger partial charge in [0.05, 0.1) is 0 Å². The normalized spacial score (nSPS) is 12.4. The quantitative estimate of drug-likeness (QED) is 0.745. The summed E-state index contributed by atoms with van der Waals surface area (Å²) < 4.78 is 1.08. The van der Waals surface area contributed by atoms with E-state index in [-0.39, 0.29) is 6.04 Å². The van der Waals surface area contributed by atoms with Crippen molar-refractivity contribution >= 4 is 15.9 Å². The van der Waals surface area contributed by atoms with Gasteiger partial charge in [-0.1, -0.05) is 46.3 Å². The summed E-state index contributed by atoms with van der Waals surface area (Å²) in [7, 11) is 0. The molecule has 0 aromatic heterocycles. The third kappa shape index (κ3) is 4.77. The van der Waals surface area contributed by atoms with Crippen LogP contribution in [0.3, 0.4) is 0 Å². The minimum atomic E-state index is 0.0534. The Morgan fingerprint density at radius 1 is 1.22 bits per heavy atom. The molecule has 1 rings (SSSR count). The van der Waals surface area contributed by atoms with E-state index in [0.29, 0.717) is 0 Å². The van der Waals surface area contributed by atoms with Gasteiger partial charge in [0.25, 0.3) is 0 Å². The number of rotatable bonds is 8. The molecule has 18 heavy (non-hydrogen) atoms. The molecule has 0 aliphatic rings. The second-order valence-corrected chi connectivity index (χ2v) is 5.11. The Morgan fingerprint density at radius 3 is 2.39 bits per heavy atom. The highest BCUT2D eigenvalue weighted by Gasteiger charge is 2.10. The summed E-state index contributed by atoms with van der Waals surface area (Å²) in [6, 6.07) is 8.17. The van der Waals surface area contributed by atoms with E-state index in [9.17, 15) is 0 Å². The van der Waals surface area contributed by atoms with Crippen LogP contribution >= 0.6 is 15.9 Å². The highest BCUT2D eigenvalue weighted by atomic mass is 79.9. The van der Waals surface area contributed by atoms with E-state index >= 15 is 0 Å². The summed E-state index contributed by atoms with van der Waals surface area (Å²) in [5, 5.41) is 0. The molecule has 0 aliphatic carbocycles. The van der Waals surface area contributed by atoms with E-state index in [0.717, 1.165) is 36.1 Å². The lowest BCUT2D eigenvalue weighted by Crippen LogP contribution is -2.28. The molecule has 0 bridgehead atoms. The zero-order valence-electron chi connectivity index (χ0n) is 10.7. The third-order valence-corrected chi connectivity index (χ3v) is 3.56. The standard InChI is InChI=1S/C15H21BrN2/c1-3-10-18(11-4-2)12-9-15(17)13-7-5-6-8-14(13)16/h3-8,15H,1-2,9-12,17H2. The minimum absolute atomic E-state index is 0.0534. The molecule has 3 heteroatoms. The second kappa shape index (κ2) is 8.25. The minimum Gasteiger partial charge on any atom is -0.324 e. The molecule has 2 N–H and O–H groups in total. The molecule has 98 valence electrons. The van der Waals surface area contributed by atoms with E-state index in [1.165, 1.54) is 0 Å². The number of nitrogens with two attached hydrogens (primary N) is 1. The van der Waals surface area contributed by atoms with Crippen LogP contribution in [-0.4, -0.2) is 24.5 Å². The second-order valence-electron chi connectivity index (χ2n) is 4.25. The van der Waals surface area contributed by atoms with Gasteiger partial charge in [0.15, 0.2) is 0 Å². The highest BCUT2D eigenvalue weighted by Crippen LogP contribution is 2.23. The zero-order chi connectivity index (χ0) is 13.4. The van der Waals surface area contributed by atoms with Gasteiger partial charge in [-0.3, -0.25) is 4.90 Å². The average Bonchev–Trinajstić information content (AvgIpc) is 2.36. The molecular weight excluding hydrogens is 288 g/mol. The van der Waals surface area contributed by atoms with Gasteiger partial charge >= 0.3 is 0 Å². The van der Waals surface area contributed by atoms with E-state index in [4.69, 9.17) is 5.73 Å². The van der Waals surface area contributed by atoms with Crippen molar-refractivity contribution in [2.24, 2.45) is 5.73 Å². The van der Waals surface area contributed by atoms with Crippen molar-refractivity contribution in [2.75, 3.05) is 19.6 Å². The van der Waals surface area contributed by atoms with Gasteiger partial charge in [0.2, 0.25) is 0 Å². The predicted octanol–water partition coefficient (Wildman–Crippen LogP) is 3.51. The molecule has 0 heterocycles. The number of nitrogens with zero attached hydrogens (tertiary/aromatic N) is 1. The summed E-state index contributed by atoms with van der Waals surface area (Å²) in [6.07, 6.45) is 4.74. The molecule has 0 amide bonds. The monoisotopic (exact) mass is 308 g/mol. The maximum atomic E-state index is 6.23. The molecule has 1 aromatic rings. The first-order valence-corrected chi connectivity index (χ1v) is 6.92. The Balaban J connectivity index is 2.54. The molecule has 1 atom stereocenters. The number of hydrogen-bond acceptors (Lipinski definition) is 2. The summed E-state index contributed by atoms with van der Waals surface area (Å²) in [4.78, 5) is 2.27. The van der Waals surface area contributed by atoms with Gasteiger partial charge in [0, 0.05) is 30.1 Å². The maximum Gasteiger partial charge on any atom is 0.0318 e. The van der Waals surface area contributed by atoms with Gasteiger partial charge in [0.1, 0.15) is 0 Å². The van der Waals surface area contributed by atoms with Crippen LogP contribution in [0, 0.1) is 0 Å². The number of benzene rings is 1. The van der Waals surface area contributed by atoms with E-state index in [1.54, 1.807) is 0 Å². The van der Waals surface area contributed by atoms with Gasteiger partial charge in [-0.15, -0.1) is 13.2 Å². The smallest absolute Gasteiger partial charge is 0.0318 e. The lowest BCUT2D eigenvalue weighted by Gasteiger charge is -2.21. The van der Waals surface area contributed by atoms with Gasteiger partial charge < -0.3 is 5.73 Å². The van der Waals surface area contributed by atoms with E-state index < -0.39 is 0 Å². The SMILES string of the molecule is C=CCN(CC=C)CCC(N)c1ccccc1Br. The van der Waals surface area contributed by atoms with Crippen LogP contribution in [0.2, 0.25) is 0 Å². The predicted molar refractivity (Wildman–Crippen MR) is 82.5 cm³/mol. The number of halogens is 1. The summed E-state index contributed by atoms with van der Waals surface area (Å²) in [6.45, 7) is 10.2. The Kier molecular flexibility index (Phi) is 6.94. The van der Waals surface area contributed by atoms with Crippen molar-refractivity contribution in [1.82, 2.24) is 4.90 Å². The molecule has 1 unspecified atom stereocenters. The van der Waals surface area contributed by atoms with Gasteiger partial charge in [-0.2, -0.15) is 0 Å². The third-order valence-electron chi connectivity index (χ3n) is 2.84. The fourth-order valence-electron chi connectivity index (χ4n) is 1.88. The Bertz CT molecular complexity index is 380. The van der Waals surface area contributed by atoms with Gasteiger partial charge in [-0.05, 0) is 18.1 Å². The first-order chi connectivity index (χ1) is 8.69. The largest absolute Gasteiger partial charge is 0.324 e. The van der Waals surface area contributed by atoms with Crippen LogP contribution in [0.1, 0.15) is 18.0 Å². The Labute approximate surface area is 118 Å². The summed E-state index contributed by atoms with van der Waals surface area (Å²) >= 11 is 3.54. The van der Waals surface area contributed by atoms with Crippen LogP contribution in [0.15, 0.2) is 54.0 Å². The molecular formula is C15H21BrN2. The Hall–Kier alpha value is -0.900. The molecule has 0 spiro atoms. The molecule has 0 aliphatic heterocycles. The number of hydrogen-bond donors (Lipinski definition) is 1. The molecule has 0 saturated heterocycles. The van der Waals surface area contributed by atoms with Crippen molar-refractivity contribution in [3.8, 4) is 0 Å². The first kappa shape index (κ1) is 15.2. The molecule has 0 fully saturated rings. The lowest BCUT2D eigenvalue weighted by molar-refractivity contribution is 0.319. The van der Waals surface area contributed by atoms with Crippen molar-refractivity contribution < 1.29 is 0 Å². The lowest BCUT2D eigenvalue weighted by atomic mass is 10.0. The topological polar surface area (TPSA) is 29.3 Å². The van der Waals surface area contributed by atoms with Crippen LogP contribution < -0.4 is 5.73 Å². The Morgan fingerprint density at radius 2 is 1.83 bits per heavy atom. The average molecular weight is 309 g/mol. The van der Waals surface area contributed by atoms with Crippen molar-refractivity contribution in [2.45, 2.75) is 12.5 Å². The van der Waals surface area contributed by atoms with Crippen LogP contribution in [0.5, 0.6) is 0 Å².